The normalized spacial score (nSPS) is 21.9. The highest BCUT2D eigenvalue weighted by Crippen LogP contribution is 2.32. The fourth-order valence-electron chi connectivity index (χ4n) is 8.44. The van der Waals surface area contributed by atoms with Crippen LogP contribution in [0.1, 0.15) is 68.1 Å². The highest BCUT2D eigenvalue weighted by atomic mass is 16.6. The van der Waals surface area contributed by atoms with Gasteiger partial charge in [-0.25, -0.2) is 14.6 Å². The first kappa shape index (κ1) is 35.2. The zero-order valence-corrected chi connectivity index (χ0v) is 29.7. The van der Waals surface area contributed by atoms with Crippen LogP contribution in [0.25, 0.3) is 11.0 Å². The number of ether oxygens (including phenoxy) is 1. The van der Waals surface area contributed by atoms with Crippen molar-refractivity contribution >= 4 is 34.8 Å². The molecule has 3 saturated heterocycles. The summed E-state index contributed by atoms with van der Waals surface area (Å²) >= 11 is 0. The number of piperidine rings is 3. The van der Waals surface area contributed by atoms with Crippen LogP contribution >= 0.6 is 0 Å². The molecule has 1 unspecified atom stereocenters. The second kappa shape index (κ2) is 14.8. The summed E-state index contributed by atoms with van der Waals surface area (Å²) in [5.74, 6) is -0.607. The second-order valence-corrected chi connectivity index (χ2v) is 15.0. The second-order valence-electron chi connectivity index (χ2n) is 15.0. The third-order valence-corrected chi connectivity index (χ3v) is 11.8. The largest absolute Gasteiger partial charge is 0.435 e. The van der Waals surface area contributed by atoms with Crippen molar-refractivity contribution in [1.29, 1.82) is 0 Å². The molecule has 4 amide bonds. The summed E-state index contributed by atoms with van der Waals surface area (Å²) < 4.78 is 6.21. The number of nitrogens with zero attached hydrogens (tertiary/aromatic N) is 5. The zero-order chi connectivity index (χ0) is 35.7. The Morgan fingerprint density at radius 1 is 0.980 bits per heavy atom. The lowest BCUT2D eigenvalue weighted by Gasteiger charge is -2.44. The van der Waals surface area contributed by atoms with Gasteiger partial charge in [-0.1, -0.05) is 31.2 Å². The van der Waals surface area contributed by atoms with Gasteiger partial charge < -0.3 is 44.9 Å². The number of benzene rings is 2. The molecule has 4 aliphatic rings. The summed E-state index contributed by atoms with van der Waals surface area (Å²) in [7, 11) is 0. The van der Waals surface area contributed by atoms with Crippen molar-refractivity contribution in [3.8, 4) is 0 Å². The Morgan fingerprint density at radius 2 is 1.67 bits per heavy atom. The number of likely N-dealkylation sites (tertiary alicyclic amines) is 3. The first-order valence-electron chi connectivity index (χ1n) is 18.5. The fourth-order valence-corrected chi connectivity index (χ4v) is 8.44. The number of imidazole rings is 1. The van der Waals surface area contributed by atoms with Gasteiger partial charge in [-0.05, 0) is 80.7 Å². The van der Waals surface area contributed by atoms with Gasteiger partial charge in [0.25, 0.3) is 5.91 Å². The van der Waals surface area contributed by atoms with Crippen LogP contribution < -0.4 is 5.32 Å². The van der Waals surface area contributed by atoms with Crippen LogP contribution in [0.5, 0.6) is 0 Å². The summed E-state index contributed by atoms with van der Waals surface area (Å²) in [4.78, 5) is 56.7. The molecule has 1 aromatic heterocycles. The highest BCUT2D eigenvalue weighted by Gasteiger charge is 2.40. The van der Waals surface area contributed by atoms with E-state index < -0.39 is 23.7 Å². The standard InChI is InChI=1S/C38H51N7O6/c1-25-21-28(22-32-33(25)40-24-39-32)26(2)34(35(47)43-14-8-29(9-15-43)42-19-12-38(50,23-46)13-20-42)51-37(49)44-16-10-30(11-17-44)45-18-7-27-5-3-4-6-31(27)41-36(45)48/h3-6,21-22,24,26,29-30,34,46,50H,7-20,23H2,1-2H3,(H,39,40)(H,41,48)/t26-,34?/m1/s1. The number of rotatable bonds is 7. The Balaban J connectivity index is 1.01. The van der Waals surface area contributed by atoms with E-state index in [-0.39, 0.29) is 24.6 Å². The van der Waals surface area contributed by atoms with Gasteiger partial charge in [-0.15, -0.1) is 0 Å². The van der Waals surface area contributed by atoms with Crippen LogP contribution in [0.3, 0.4) is 0 Å². The van der Waals surface area contributed by atoms with Gasteiger partial charge in [0.05, 0.1) is 29.6 Å². The number of aromatic nitrogens is 2. The molecule has 0 aliphatic carbocycles. The van der Waals surface area contributed by atoms with Crippen LogP contribution in [0, 0.1) is 6.92 Å². The van der Waals surface area contributed by atoms with Crippen molar-refractivity contribution in [2.45, 2.75) is 88.5 Å². The number of para-hydroxylation sites is 1. The van der Waals surface area contributed by atoms with Gasteiger partial charge in [0, 0.05) is 69.5 Å². The maximum absolute atomic E-state index is 14.3. The molecular formula is C38H51N7O6. The van der Waals surface area contributed by atoms with Crippen molar-refractivity contribution in [3.05, 3.63) is 59.4 Å². The number of hydrogen-bond acceptors (Lipinski definition) is 8. The van der Waals surface area contributed by atoms with Gasteiger partial charge in [0.1, 0.15) is 0 Å². The highest BCUT2D eigenvalue weighted by molar-refractivity contribution is 5.91. The Hall–Kier alpha value is -4.20. The van der Waals surface area contributed by atoms with E-state index in [1.807, 2.05) is 60.0 Å². The molecule has 2 aromatic carbocycles. The van der Waals surface area contributed by atoms with E-state index in [0.29, 0.717) is 64.4 Å². The number of aryl methyl sites for hydroxylation is 1. The van der Waals surface area contributed by atoms with E-state index in [1.165, 1.54) is 0 Å². The van der Waals surface area contributed by atoms with E-state index in [0.717, 1.165) is 65.8 Å². The van der Waals surface area contributed by atoms with Crippen LogP contribution in [-0.2, 0) is 16.0 Å². The average Bonchev–Trinajstić information content (AvgIpc) is 3.57. The summed E-state index contributed by atoms with van der Waals surface area (Å²) in [6.45, 7) is 7.73. The van der Waals surface area contributed by atoms with Crippen molar-refractivity contribution < 1.29 is 29.3 Å². The van der Waals surface area contributed by atoms with Gasteiger partial charge in [-0.2, -0.15) is 0 Å². The number of H-pyrrole nitrogens is 1. The molecule has 0 spiro atoms. The van der Waals surface area contributed by atoms with E-state index in [2.05, 4.69) is 20.2 Å². The van der Waals surface area contributed by atoms with Crippen molar-refractivity contribution in [1.82, 2.24) is 29.6 Å². The minimum absolute atomic E-state index is 0.00228. The fraction of sp³-hybridized carbons (Fsp3) is 0.579. The smallest absolute Gasteiger partial charge is 0.410 e. The lowest BCUT2D eigenvalue weighted by molar-refractivity contribution is -0.144. The SMILES string of the molecule is Cc1cc([C@@H](C)C(OC(=O)N2CCC(N3CCc4ccccc4NC3=O)CC2)C(=O)N2CCC(N3CCC(O)(CO)CC3)CC2)cc2[nH]cnc12. The topological polar surface area (TPSA) is 155 Å². The molecular weight excluding hydrogens is 650 g/mol. The molecule has 7 rings (SSSR count). The molecule has 2 atom stereocenters. The minimum atomic E-state index is -1.02. The minimum Gasteiger partial charge on any atom is -0.435 e. The monoisotopic (exact) mass is 701 g/mol. The van der Waals surface area contributed by atoms with Crippen LogP contribution in [0.2, 0.25) is 0 Å². The summed E-state index contributed by atoms with van der Waals surface area (Å²) in [6.07, 6.45) is 4.81. The number of aliphatic hydroxyl groups is 2. The molecule has 5 heterocycles. The van der Waals surface area contributed by atoms with Crippen LogP contribution in [0.4, 0.5) is 15.3 Å². The molecule has 4 N–H and O–H groups in total. The number of carbonyl (C=O) groups is 3. The molecule has 0 bridgehead atoms. The molecule has 0 saturated carbocycles. The molecule has 4 aliphatic heterocycles. The lowest BCUT2D eigenvalue weighted by Crippen LogP contribution is -2.55. The maximum Gasteiger partial charge on any atom is 0.410 e. The lowest BCUT2D eigenvalue weighted by atomic mass is 9.89. The van der Waals surface area contributed by atoms with E-state index in [9.17, 15) is 24.6 Å². The summed E-state index contributed by atoms with van der Waals surface area (Å²) in [6, 6.07) is 12.1. The average molecular weight is 702 g/mol. The Morgan fingerprint density at radius 3 is 2.39 bits per heavy atom. The van der Waals surface area contributed by atoms with Crippen molar-refractivity contribution in [3.63, 3.8) is 0 Å². The number of carbonyl (C=O) groups excluding carboxylic acids is 3. The number of amides is 4. The van der Waals surface area contributed by atoms with Crippen LogP contribution in [-0.4, -0.2) is 134 Å². The molecule has 13 heteroatoms. The first-order valence-corrected chi connectivity index (χ1v) is 18.5. The summed E-state index contributed by atoms with van der Waals surface area (Å²) in [5.41, 5.74) is 4.58. The molecule has 3 aromatic rings. The Labute approximate surface area is 298 Å². The maximum atomic E-state index is 14.3. The van der Waals surface area contributed by atoms with E-state index in [4.69, 9.17) is 4.74 Å². The Kier molecular flexibility index (Phi) is 10.2. The molecule has 274 valence electrons. The molecule has 13 nitrogen and oxygen atoms in total. The van der Waals surface area contributed by atoms with Crippen molar-refractivity contribution in [2.24, 2.45) is 0 Å². The van der Waals surface area contributed by atoms with Gasteiger partial charge in [0.2, 0.25) is 0 Å². The first-order chi connectivity index (χ1) is 24.6. The molecule has 51 heavy (non-hydrogen) atoms. The third-order valence-electron chi connectivity index (χ3n) is 11.8. The molecule has 0 radical (unpaired) electrons. The summed E-state index contributed by atoms with van der Waals surface area (Å²) in [5, 5.41) is 23.1. The van der Waals surface area contributed by atoms with E-state index in [1.54, 1.807) is 11.2 Å². The van der Waals surface area contributed by atoms with Gasteiger partial charge >= 0.3 is 12.1 Å². The number of aromatic amines is 1. The van der Waals surface area contributed by atoms with Crippen molar-refractivity contribution in [2.75, 3.05) is 57.7 Å². The van der Waals surface area contributed by atoms with E-state index >= 15 is 0 Å². The Bertz CT molecular complexity index is 1720. The van der Waals surface area contributed by atoms with Crippen LogP contribution in [0.15, 0.2) is 42.7 Å². The molecule has 3 fully saturated rings. The quantitative estimate of drug-likeness (QED) is 0.290. The number of anilines is 1. The number of urea groups is 1. The third kappa shape index (κ3) is 7.42. The predicted molar refractivity (Wildman–Crippen MR) is 192 cm³/mol. The zero-order valence-electron chi connectivity index (χ0n) is 29.7. The van der Waals surface area contributed by atoms with Gasteiger partial charge in [-0.3, -0.25) is 4.79 Å². The number of fused-ring (bicyclic) bond motifs is 2. The predicted octanol–water partition coefficient (Wildman–Crippen LogP) is 3.84. The number of aliphatic hydroxyl groups excluding tert-OH is 1. The number of nitrogens with one attached hydrogen (secondary N) is 2. The number of hydrogen-bond donors (Lipinski definition) is 4. The van der Waals surface area contributed by atoms with Gasteiger partial charge in [0.15, 0.2) is 6.10 Å².